The summed E-state index contributed by atoms with van der Waals surface area (Å²) >= 11 is 6.32. The predicted molar refractivity (Wildman–Crippen MR) is 84.0 cm³/mol. The predicted octanol–water partition coefficient (Wildman–Crippen LogP) is 2.60. The van der Waals surface area contributed by atoms with Crippen molar-refractivity contribution in [1.82, 2.24) is 0 Å². The zero-order chi connectivity index (χ0) is 14.8. The van der Waals surface area contributed by atoms with Crippen molar-refractivity contribution in [3.05, 3.63) is 17.2 Å². The van der Waals surface area contributed by atoms with Gasteiger partial charge in [-0.2, -0.15) is 0 Å². The van der Waals surface area contributed by atoms with Gasteiger partial charge in [-0.25, -0.2) is 0 Å². The van der Waals surface area contributed by atoms with Crippen LogP contribution in [-0.2, 0) is 4.79 Å². The number of hydrogen-bond acceptors (Lipinski definition) is 4. The molecule has 1 amide bonds. The van der Waals surface area contributed by atoms with E-state index in [0.717, 1.165) is 18.5 Å². The summed E-state index contributed by atoms with van der Waals surface area (Å²) < 4.78 is 5.44. The van der Waals surface area contributed by atoms with Gasteiger partial charge in [0.2, 0.25) is 0 Å². The molecule has 1 saturated carbocycles. The van der Waals surface area contributed by atoms with Crippen LogP contribution >= 0.6 is 11.6 Å². The number of halogens is 1. The Morgan fingerprint density at radius 2 is 2.19 bits per heavy atom. The minimum Gasteiger partial charge on any atom is -0.482 e. The first-order valence-electron chi connectivity index (χ1n) is 7.40. The number of ether oxygens (including phenoxy) is 1. The molecule has 1 aliphatic carbocycles. The molecule has 0 spiro atoms. The van der Waals surface area contributed by atoms with Gasteiger partial charge in [0.25, 0.3) is 5.91 Å². The van der Waals surface area contributed by atoms with Gasteiger partial charge in [-0.05, 0) is 31.4 Å². The smallest absolute Gasteiger partial charge is 0.262 e. The highest BCUT2D eigenvalue weighted by molar-refractivity contribution is 6.33. The minimum absolute atomic E-state index is 0.0446. The molecule has 1 aliphatic heterocycles. The molecule has 21 heavy (non-hydrogen) atoms. The van der Waals surface area contributed by atoms with Gasteiger partial charge in [0.05, 0.1) is 16.4 Å². The number of amides is 1. The maximum Gasteiger partial charge on any atom is 0.262 e. The Morgan fingerprint density at radius 3 is 3.00 bits per heavy atom. The van der Waals surface area contributed by atoms with Gasteiger partial charge < -0.3 is 21.1 Å². The minimum atomic E-state index is -0.158. The topological polar surface area (TPSA) is 76.4 Å². The molecule has 1 heterocycles. The summed E-state index contributed by atoms with van der Waals surface area (Å²) in [7, 11) is 0. The zero-order valence-electron chi connectivity index (χ0n) is 11.8. The van der Waals surface area contributed by atoms with Crippen molar-refractivity contribution in [2.24, 2.45) is 11.7 Å². The average Bonchev–Trinajstić information content (AvgIpc) is 2.49. The van der Waals surface area contributed by atoms with Crippen molar-refractivity contribution < 1.29 is 9.53 Å². The van der Waals surface area contributed by atoms with Crippen LogP contribution < -0.4 is 21.1 Å². The summed E-state index contributed by atoms with van der Waals surface area (Å²) in [6.07, 6.45) is 4.71. The van der Waals surface area contributed by atoms with E-state index in [2.05, 4.69) is 10.6 Å². The van der Waals surface area contributed by atoms with E-state index in [-0.39, 0.29) is 12.5 Å². The van der Waals surface area contributed by atoms with Crippen LogP contribution in [0.1, 0.15) is 25.7 Å². The van der Waals surface area contributed by atoms with Gasteiger partial charge in [-0.3, -0.25) is 4.79 Å². The van der Waals surface area contributed by atoms with Crippen molar-refractivity contribution in [2.45, 2.75) is 31.7 Å². The summed E-state index contributed by atoms with van der Waals surface area (Å²) in [6.45, 7) is 0.732. The van der Waals surface area contributed by atoms with Crippen molar-refractivity contribution in [2.75, 3.05) is 23.8 Å². The van der Waals surface area contributed by atoms with Gasteiger partial charge in [0.1, 0.15) is 5.75 Å². The summed E-state index contributed by atoms with van der Waals surface area (Å²) in [5.41, 5.74) is 7.34. The van der Waals surface area contributed by atoms with E-state index in [0.29, 0.717) is 35.0 Å². The maximum absolute atomic E-state index is 11.3. The number of benzene rings is 1. The molecule has 1 aromatic carbocycles. The number of anilines is 2. The Kier molecular flexibility index (Phi) is 4.22. The van der Waals surface area contributed by atoms with Crippen LogP contribution in [0.4, 0.5) is 11.4 Å². The lowest BCUT2D eigenvalue weighted by Gasteiger charge is -2.32. The van der Waals surface area contributed by atoms with E-state index >= 15 is 0 Å². The van der Waals surface area contributed by atoms with E-state index in [4.69, 9.17) is 22.1 Å². The molecule has 114 valence electrons. The lowest BCUT2D eigenvalue weighted by atomic mass is 9.84. The van der Waals surface area contributed by atoms with Gasteiger partial charge in [0.15, 0.2) is 6.61 Å². The Balaban J connectivity index is 1.80. The van der Waals surface area contributed by atoms with Crippen LogP contribution in [0.2, 0.25) is 5.02 Å². The van der Waals surface area contributed by atoms with Crippen molar-refractivity contribution >= 4 is 28.9 Å². The molecule has 0 radical (unpaired) electrons. The number of hydrogen-bond donors (Lipinski definition) is 3. The highest BCUT2D eigenvalue weighted by Gasteiger charge is 2.25. The quantitative estimate of drug-likeness (QED) is 0.802. The zero-order valence-corrected chi connectivity index (χ0v) is 12.6. The first kappa shape index (κ1) is 14.5. The van der Waals surface area contributed by atoms with E-state index in [9.17, 15) is 4.79 Å². The molecule has 2 atom stereocenters. The molecule has 0 bridgehead atoms. The van der Waals surface area contributed by atoms with E-state index in [1.54, 1.807) is 6.07 Å². The fourth-order valence-electron chi connectivity index (χ4n) is 3.09. The second kappa shape index (κ2) is 6.12. The Morgan fingerprint density at radius 1 is 1.38 bits per heavy atom. The second-order valence-corrected chi connectivity index (χ2v) is 6.10. The van der Waals surface area contributed by atoms with Crippen LogP contribution in [0.25, 0.3) is 0 Å². The molecular formula is C15H20ClN3O2. The molecule has 2 unspecified atom stereocenters. The third kappa shape index (κ3) is 3.09. The Hall–Kier alpha value is -1.46. The summed E-state index contributed by atoms with van der Waals surface area (Å²) in [6, 6.07) is 3.94. The van der Waals surface area contributed by atoms with Gasteiger partial charge in [0, 0.05) is 12.1 Å². The van der Waals surface area contributed by atoms with Crippen LogP contribution in [0.3, 0.4) is 0 Å². The number of nitrogens with one attached hydrogen (secondary N) is 2. The highest BCUT2D eigenvalue weighted by atomic mass is 35.5. The Bertz CT molecular complexity index is 550. The third-order valence-corrected chi connectivity index (χ3v) is 4.57. The largest absolute Gasteiger partial charge is 0.482 e. The summed E-state index contributed by atoms with van der Waals surface area (Å²) in [4.78, 5) is 11.3. The molecule has 2 aliphatic rings. The number of carbonyl (C=O) groups excluding carboxylic acids is 1. The van der Waals surface area contributed by atoms with E-state index in [1.165, 1.54) is 12.8 Å². The first-order chi connectivity index (χ1) is 10.2. The fraction of sp³-hybridized carbons (Fsp3) is 0.533. The van der Waals surface area contributed by atoms with Gasteiger partial charge in [-0.1, -0.05) is 24.4 Å². The summed E-state index contributed by atoms with van der Waals surface area (Å²) in [5.74, 6) is 0.975. The second-order valence-electron chi connectivity index (χ2n) is 5.70. The molecule has 4 N–H and O–H groups in total. The molecule has 1 fully saturated rings. The standard InChI is InChI=1S/C15H20ClN3O2/c16-10-5-13-14(21-8-15(20)19-13)6-12(10)18-11-4-2-1-3-9(11)7-17/h5-6,9,11,18H,1-4,7-8,17H2,(H,19,20). The SMILES string of the molecule is NCC1CCCCC1Nc1cc2c(cc1Cl)NC(=O)CO2. The molecule has 5 nitrogen and oxygen atoms in total. The van der Waals surface area contributed by atoms with Crippen molar-refractivity contribution in [3.63, 3.8) is 0 Å². The van der Waals surface area contributed by atoms with Crippen LogP contribution in [0, 0.1) is 5.92 Å². The normalized spacial score (nSPS) is 24.8. The number of nitrogens with two attached hydrogens (primary N) is 1. The summed E-state index contributed by atoms with van der Waals surface area (Å²) in [5, 5.41) is 6.85. The van der Waals surface area contributed by atoms with E-state index < -0.39 is 0 Å². The van der Waals surface area contributed by atoms with Crippen LogP contribution in [0.15, 0.2) is 12.1 Å². The van der Waals surface area contributed by atoms with E-state index in [1.807, 2.05) is 6.07 Å². The molecule has 1 aromatic rings. The van der Waals surface area contributed by atoms with Crippen LogP contribution in [-0.4, -0.2) is 25.1 Å². The maximum atomic E-state index is 11.3. The lowest BCUT2D eigenvalue weighted by molar-refractivity contribution is -0.118. The molecule has 3 rings (SSSR count). The van der Waals surface area contributed by atoms with Crippen LogP contribution in [0.5, 0.6) is 5.75 Å². The molecular weight excluding hydrogens is 290 g/mol. The molecule has 0 saturated heterocycles. The Labute approximate surface area is 129 Å². The van der Waals surface area contributed by atoms with Gasteiger partial charge >= 0.3 is 0 Å². The monoisotopic (exact) mass is 309 g/mol. The fourth-order valence-corrected chi connectivity index (χ4v) is 3.31. The third-order valence-electron chi connectivity index (χ3n) is 4.25. The number of carbonyl (C=O) groups is 1. The average molecular weight is 310 g/mol. The number of rotatable bonds is 3. The number of fused-ring (bicyclic) bond motifs is 1. The first-order valence-corrected chi connectivity index (χ1v) is 7.78. The highest BCUT2D eigenvalue weighted by Crippen LogP contribution is 2.38. The van der Waals surface area contributed by atoms with Crippen molar-refractivity contribution in [1.29, 1.82) is 0 Å². The van der Waals surface area contributed by atoms with Gasteiger partial charge in [-0.15, -0.1) is 0 Å². The van der Waals surface area contributed by atoms with Crippen molar-refractivity contribution in [3.8, 4) is 5.75 Å². The molecule has 0 aromatic heterocycles. The molecule has 6 heteroatoms. The lowest BCUT2D eigenvalue weighted by Crippen LogP contribution is -2.36.